The first-order chi connectivity index (χ1) is 11.2. The summed E-state index contributed by atoms with van der Waals surface area (Å²) in [5.41, 5.74) is 1.96. The molecule has 0 saturated carbocycles. The number of piperidine rings is 1. The number of hydrogen-bond donors (Lipinski definition) is 1. The predicted molar refractivity (Wildman–Crippen MR) is 89.2 cm³/mol. The largest absolute Gasteiger partial charge is 0.354 e. The number of hydrogen-bond acceptors (Lipinski definition) is 3. The van der Waals surface area contributed by atoms with Gasteiger partial charge < -0.3 is 14.5 Å². The minimum Gasteiger partial charge on any atom is -0.354 e. The maximum atomic E-state index is 11.9. The molecular formula is C17H25N5O. The van der Waals surface area contributed by atoms with Crippen LogP contribution in [0, 0.1) is 0 Å². The van der Waals surface area contributed by atoms with Crippen molar-refractivity contribution in [3.05, 3.63) is 42.2 Å². The Morgan fingerprint density at radius 2 is 2.22 bits per heavy atom. The summed E-state index contributed by atoms with van der Waals surface area (Å²) in [6.45, 7) is 3.06. The standard InChI is InChI=1S/C17H25N5O/c1-18-17(23)16-7-6-14(20(16)2)15-5-3-4-9-22(15)12-11-21-10-8-19-13-21/h6-8,10,13,15H,3-5,9,11-12H2,1-2H3,(H,18,23)/t15-/m1/s1. The van der Waals surface area contributed by atoms with Crippen molar-refractivity contribution in [3.8, 4) is 0 Å². The Kier molecular flexibility index (Phi) is 4.81. The quantitative estimate of drug-likeness (QED) is 0.915. The zero-order chi connectivity index (χ0) is 16.2. The number of likely N-dealkylation sites (tertiary alicyclic amines) is 1. The summed E-state index contributed by atoms with van der Waals surface area (Å²) in [5, 5.41) is 2.71. The maximum absolute atomic E-state index is 11.9. The van der Waals surface area contributed by atoms with Crippen LogP contribution in [0.4, 0.5) is 0 Å². The van der Waals surface area contributed by atoms with Gasteiger partial charge in [-0.3, -0.25) is 9.69 Å². The molecule has 1 aliphatic heterocycles. The van der Waals surface area contributed by atoms with Gasteiger partial charge in [0.15, 0.2) is 0 Å². The fraction of sp³-hybridized carbons (Fsp3) is 0.529. The summed E-state index contributed by atoms with van der Waals surface area (Å²) >= 11 is 0. The predicted octanol–water partition coefficient (Wildman–Crippen LogP) is 1.81. The Morgan fingerprint density at radius 3 is 2.96 bits per heavy atom. The second-order valence-electron chi connectivity index (χ2n) is 6.13. The van der Waals surface area contributed by atoms with Gasteiger partial charge in [-0.05, 0) is 31.5 Å². The highest BCUT2D eigenvalue weighted by molar-refractivity contribution is 5.92. The summed E-state index contributed by atoms with van der Waals surface area (Å²) in [4.78, 5) is 18.6. The molecule has 124 valence electrons. The van der Waals surface area contributed by atoms with E-state index in [1.54, 1.807) is 7.05 Å². The van der Waals surface area contributed by atoms with Crippen LogP contribution in [-0.2, 0) is 13.6 Å². The Morgan fingerprint density at radius 1 is 1.35 bits per heavy atom. The smallest absolute Gasteiger partial charge is 0.267 e. The highest BCUT2D eigenvalue weighted by Crippen LogP contribution is 2.31. The van der Waals surface area contributed by atoms with E-state index in [9.17, 15) is 4.79 Å². The van der Waals surface area contributed by atoms with E-state index in [1.807, 2.05) is 36.4 Å². The number of amides is 1. The molecule has 1 aliphatic rings. The van der Waals surface area contributed by atoms with E-state index in [-0.39, 0.29) is 5.91 Å². The lowest BCUT2D eigenvalue weighted by atomic mass is 9.99. The number of carbonyl (C=O) groups is 1. The Hall–Kier alpha value is -2.08. The molecule has 1 N–H and O–H groups in total. The molecule has 0 radical (unpaired) electrons. The molecule has 1 saturated heterocycles. The van der Waals surface area contributed by atoms with Crippen molar-refractivity contribution < 1.29 is 4.79 Å². The van der Waals surface area contributed by atoms with Gasteiger partial charge in [0.2, 0.25) is 0 Å². The third-order valence-electron chi connectivity index (χ3n) is 4.78. The van der Waals surface area contributed by atoms with Crippen molar-refractivity contribution in [2.45, 2.75) is 31.8 Å². The van der Waals surface area contributed by atoms with Crippen LogP contribution in [0.2, 0.25) is 0 Å². The Balaban J connectivity index is 1.75. The third-order valence-corrected chi connectivity index (χ3v) is 4.78. The number of aromatic nitrogens is 3. The van der Waals surface area contributed by atoms with Crippen LogP contribution in [0.15, 0.2) is 30.9 Å². The van der Waals surface area contributed by atoms with E-state index in [0.29, 0.717) is 6.04 Å². The Labute approximate surface area is 137 Å². The number of nitrogens with one attached hydrogen (secondary N) is 1. The third kappa shape index (κ3) is 3.32. The van der Waals surface area contributed by atoms with Gasteiger partial charge in [0, 0.05) is 45.3 Å². The molecule has 2 aromatic rings. The molecule has 3 rings (SSSR count). The van der Waals surface area contributed by atoms with Crippen LogP contribution in [0.5, 0.6) is 0 Å². The molecule has 1 atom stereocenters. The van der Waals surface area contributed by atoms with Crippen molar-refractivity contribution >= 4 is 5.91 Å². The highest BCUT2D eigenvalue weighted by Gasteiger charge is 2.26. The van der Waals surface area contributed by atoms with E-state index in [4.69, 9.17) is 0 Å². The summed E-state index contributed by atoms with van der Waals surface area (Å²) in [6.07, 6.45) is 9.33. The molecule has 1 amide bonds. The van der Waals surface area contributed by atoms with E-state index < -0.39 is 0 Å². The van der Waals surface area contributed by atoms with Crippen LogP contribution in [0.25, 0.3) is 0 Å². The number of imidazole rings is 1. The van der Waals surface area contributed by atoms with Gasteiger partial charge in [-0.1, -0.05) is 6.42 Å². The van der Waals surface area contributed by atoms with E-state index in [1.165, 1.54) is 18.5 Å². The molecule has 0 aliphatic carbocycles. The molecule has 23 heavy (non-hydrogen) atoms. The summed E-state index contributed by atoms with van der Waals surface area (Å²) in [6, 6.07) is 4.41. The molecule has 0 spiro atoms. The van der Waals surface area contributed by atoms with Crippen molar-refractivity contribution in [1.29, 1.82) is 0 Å². The van der Waals surface area contributed by atoms with Crippen molar-refractivity contribution in [1.82, 2.24) is 24.3 Å². The number of rotatable bonds is 5. The molecule has 2 aromatic heterocycles. The first-order valence-corrected chi connectivity index (χ1v) is 8.28. The van der Waals surface area contributed by atoms with Gasteiger partial charge in [0.05, 0.1) is 12.4 Å². The molecule has 6 nitrogen and oxygen atoms in total. The SMILES string of the molecule is CNC(=O)c1ccc([C@H]2CCCCN2CCn2ccnc2)n1C. The number of nitrogens with zero attached hydrogens (tertiary/aromatic N) is 4. The van der Waals surface area contributed by atoms with Crippen LogP contribution < -0.4 is 5.32 Å². The zero-order valence-electron chi connectivity index (χ0n) is 13.9. The van der Waals surface area contributed by atoms with Gasteiger partial charge in [-0.2, -0.15) is 0 Å². The molecule has 0 bridgehead atoms. The van der Waals surface area contributed by atoms with E-state index >= 15 is 0 Å². The van der Waals surface area contributed by atoms with Crippen LogP contribution >= 0.6 is 0 Å². The second-order valence-corrected chi connectivity index (χ2v) is 6.13. The lowest BCUT2D eigenvalue weighted by Gasteiger charge is -2.36. The average Bonchev–Trinajstić information content (AvgIpc) is 3.22. The van der Waals surface area contributed by atoms with E-state index in [0.717, 1.165) is 31.7 Å². The topological polar surface area (TPSA) is 55.1 Å². The Bertz CT molecular complexity index is 646. The molecule has 1 fully saturated rings. The zero-order valence-corrected chi connectivity index (χ0v) is 13.9. The van der Waals surface area contributed by atoms with Crippen LogP contribution in [0.3, 0.4) is 0 Å². The summed E-state index contributed by atoms with van der Waals surface area (Å²) in [5.74, 6) is -0.0282. The normalized spacial score (nSPS) is 19.0. The summed E-state index contributed by atoms with van der Waals surface area (Å²) in [7, 11) is 3.66. The van der Waals surface area contributed by atoms with Crippen LogP contribution in [-0.4, -0.2) is 45.1 Å². The maximum Gasteiger partial charge on any atom is 0.267 e. The lowest BCUT2D eigenvalue weighted by molar-refractivity contribution is 0.0952. The molecular weight excluding hydrogens is 290 g/mol. The van der Waals surface area contributed by atoms with Gasteiger partial charge >= 0.3 is 0 Å². The fourth-order valence-corrected chi connectivity index (χ4v) is 3.47. The average molecular weight is 315 g/mol. The van der Waals surface area contributed by atoms with Gasteiger partial charge in [-0.25, -0.2) is 4.98 Å². The molecule has 6 heteroatoms. The first-order valence-electron chi connectivity index (χ1n) is 8.28. The first kappa shape index (κ1) is 15.8. The molecule has 3 heterocycles. The number of carbonyl (C=O) groups excluding carboxylic acids is 1. The van der Waals surface area contributed by atoms with Gasteiger partial charge in [-0.15, -0.1) is 0 Å². The molecule has 0 unspecified atom stereocenters. The van der Waals surface area contributed by atoms with Gasteiger partial charge in [0.25, 0.3) is 5.91 Å². The minimum absolute atomic E-state index is 0.0282. The second kappa shape index (κ2) is 7.00. The van der Waals surface area contributed by atoms with Crippen molar-refractivity contribution in [3.63, 3.8) is 0 Å². The van der Waals surface area contributed by atoms with Crippen LogP contribution in [0.1, 0.15) is 41.5 Å². The fourth-order valence-electron chi connectivity index (χ4n) is 3.47. The van der Waals surface area contributed by atoms with Crippen molar-refractivity contribution in [2.75, 3.05) is 20.1 Å². The van der Waals surface area contributed by atoms with E-state index in [2.05, 4.69) is 25.8 Å². The minimum atomic E-state index is -0.0282. The van der Waals surface area contributed by atoms with Crippen molar-refractivity contribution in [2.24, 2.45) is 7.05 Å². The monoisotopic (exact) mass is 315 g/mol. The summed E-state index contributed by atoms with van der Waals surface area (Å²) < 4.78 is 4.16. The highest BCUT2D eigenvalue weighted by atomic mass is 16.1. The lowest BCUT2D eigenvalue weighted by Crippen LogP contribution is -2.36. The van der Waals surface area contributed by atoms with Gasteiger partial charge in [0.1, 0.15) is 5.69 Å². The molecule has 0 aromatic carbocycles.